The van der Waals surface area contributed by atoms with E-state index in [9.17, 15) is 4.79 Å². The van der Waals surface area contributed by atoms with Crippen molar-refractivity contribution in [2.45, 2.75) is 69.3 Å². The fourth-order valence-electron chi connectivity index (χ4n) is 8.32. The molecular formula is C34H36N4O2. The van der Waals surface area contributed by atoms with Crippen LogP contribution < -0.4 is 5.32 Å². The van der Waals surface area contributed by atoms with Gasteiger partial charge in [0.15, 0.2) is 0 Å². The van der Waals surface area contributed by atoms with Crippen LogP contribution in [0.3, 0.4) is 0 Å². The lowest BCUT2D eigenvalue weighted by Crippen LogP contribution is -2.55. The van der Waals surface area contributed by atoms with Gasteiger partial charge in [-0.1, -0.05) is 23.8 Å². The Hall–Kier alpha value is -3.67. The van der Waals surface area contributed by atoms with Crippen molar-refractivity contribution in [2.75, 3.05) is 6.54 Å². The summed E-state index contributed by atoms with van der Waals surface area (Å²) >= 11 is 0. The average molecular weight is 533 g/mol. The number of pyridine rings is 1. The normalized spacial score (nSPS) is 32.0. The lowest BCUT2D eigenvalue weighted by atomic mass is 9.41. The van der Waals surface area contributed by atoms with Crippen LogP contribution in [0.4, 0.5) is 0 Å². The van der Waals surface area contributed by atoms with Crippen LogP contribution >= 0.6 is 0 Å². The SMILES string of the molecule is C/C=C1\C2CCC23CC(OC2=CCC(c4[nH]nc5ccc(C(=O)NCC6(c7ccccn7)CC6)cc45)C=C2)CC13. The first-order valence-electron chi connectivity index (χ1n) is 15.0. The number of aromatic amines is 1. The van der Waals surface area contributed by atoms with Gasteiger partial charge in [0.05, 0.1) is 17.3 Å². The van der Waals surface area contributed by atoms with E-state index in [0.29, 0.717) is 23.6 Å². The number of carbonyl (C=O) groups excluding carboxylic acids is 1. The Morgan fingerprint density at radius 1 is 1.20 bits per heavy atom. The standard InChI is InChI=1S/C34H36N4O2/c1-2-25-27-12-13-34(27)19-24(18-28(25)34)40-23-9-6-21(7-10-23)31-26-17-22(8-11-29(26)37-38-31)32(39)36-20-33(14-15-33)30-5-3-4-16-35-30/h2-6,8-11,16-17,21,24,27-28H,7,12-15,18-20H2,1H3,(H,36,39)(H,37,38)/b25-2+. The van der Waals surface area contributed by atoms with Crippen molar-refractivity contribution in [2.24, 2.45) is 17.3 Å². The summed E-state index contributed by atoms with van der Waals surface area (Å²) in [4.78, 5) is 17.7. The summed E-state index contributed by atoms with van der Waals surface area (Å²) in [6.45, 7) is 2.82. The van der Waals surface area contributed by atoms with Crippen molar-refractivity contribution >= 4 is 16.8 Å². The van der Waals surface area contributed by atoms with Crippen molar-refractivity contribution in [1.29, 1.82) is 0 Å². The molecule has 2 heterocycles. The Kier molecular flexibility index (Phi) is 5.38. The molecular weight excluding hydrogens is 496 g/mol. The molecule has 2 aromatic heterocycles. The molecule has 5 aliphatic carbocycles. The monoisotopic (exact) mass is 532 g/mol. The number of rotatable bonds is 7. The van der Waals surface area contributed by atoms with Crippen molar-refractivity contribution in [1.82, 2.24) is 20.5 Å². The van der Waals surface area contributed by atoms with Crippen LogP contribution in [0, 0.1) is 17.3 Å². The molecule has 1 spiro atoms. The highest BCUT2D eigenvalue weighted by Crippen LogP contribution is 2.74. The lowest BCUT2D eigenvalue weighted by molar-refractivity contribution is -0.0567. The maximum Gasteiger partial charge on any atom is 0.251 e. The summed E-state index contributed by atoms with van der Waals surface area (Å²) in [6, 6.07) is 11.8. The van der Waals surface area contributed by atoms with E-state index in [4.69, 9.17) is 4.74 Å². The van der Waals surface area contributed by atoms with Crippen LogP contribution in [0.5, 0.6) is 0 Å². The van der Waals surface area contributed by atoms with E-state index in [1.54, 1.807) is 5.57 Å². The van der Waals surface area contributed by atoms with E-state index in [0.717, 1.165) is 59.1 Å². The molecule has 40 heavy (non-hydrogen) atoms. The van der Waals surface area contributed by atoms with Gasteiger partial charge in [0, 0.05) is 40.7 Å². The summed E-state index contributed by atoms with van der Waals surface area (Å²) in [5.74, 6) is 2.73. The van der Waals surface area contributed by atoms with E-state index < -0.39 is 0 Å². The quantitative estimate of drug-likeness (QED) is 0.341. The van der Waals surface area contributed by atoms with Crippen molar-refractivity contribution in [3.05, 3.63) is 95.2 Å². The number of fused-ring (bicyclic) bond motifs is 1. The molecule has 6 nitrogen and oxygen atoms in total. The molecule has 4 saturated carbocycles. The third kappa shape index (κ3) is 3.64. The van der Waals surface area contributed by atoms with Gasteiger partial charge in [-0.3, -0.25) is 14.9 Å². The van der Waals surface area contributed by atoms with Crippen LogP contribution in [0.25, 0.3) is 10.9 Å². The number of nitrogens with one attached hydrogen (secondary N) is 2. The number of hydrogen-bond donors (Lipinski definition) is 2. The smallest absolute Gasteiger partial charge is 0.251 e. The summed E-state index contributed by atoms with van der Waals surface area (Å²) in [5.41, 5.74) is 5.90. The summed E-state index contributed by atoms with van der Waals surface area (Å²) in [6.07, 6.45) is 19.2. The largest absolute Gasteiger partial charge is 0.491 e. The van der Waals surface area contributed by atoms with E-state index in [-0.39, 0.29) is 17.2 Å². The molecule has 0 bridgehead atoms. The third-order valence-corrected chi connectivity index (χ3v) is 10.8. The minimum absolute atomic E-state index is 0.0207. The summed E-state index contributed by atoms with van der Waals surface area (Å²) in [5, 5.41) is 12.0. The number of hydrogen-bond acceptors (Lipinski definition) is 4. The van der Waals surface area contributed by atoms with Crippen LogP contribution in [0.15, 0.2) is 78.2 Å². The van der Waals surface area contributed by atoms with Crippen LogP contribution in [-0.4, -0.2) is 33.7 Å². The van der Waals surface area contributed by atoms with Gasteiger partial charge in [-0.25, -0.2) is 0 Å². The number of aromatic nitrogens is 3. The van der Waals surface area contributed by atoms with Crippen LogP contribution in [-0.2, 0) is 10.2 Å². The molecule has 0 radical (unpaired) electrons. The molecule has 5 unspecified atom stereocenters. The highest BCUT2D eigenvalue weighted by Gasteiger charge is 2.67. The first kappa shape index (κ1) is 24.2. The van der Waals surface area contributed by atoms with Crippen molar-refractivity contribution in [3.63, 3.8) is 0 Å². The molecule has 1 amide bonds. The van der Waals surface area contributed by atoms with E-state index in [2.05, 4.69) is 57.8 Å². The molecule has 2 N–H and O–H groups in total. The molecule has 0 aliphatic heterocycles. The molecule has 0 saturated heterocycles. The summed E-state index contributed by atoms with van der Waals surface area (Å²) in [7, 11) is 0. The number of ether oxygens (including phenoxy) is 1. The average Bonchev–Trinajstić information content (AvgIpc) is 3.53. The number of allylic oxidation sites excluding steroid dienone is 5. The maximum atomic E-state index is 13.1. The number of carbonyl (C=O) groups is 1. The topological polar surface area (TPSA) is 79.9 Å². The fraction of sp³-hybridized carbons (Fsp3) is 0.441. The van der Waals surface area contributed by atoms with Gasteiger partial charge in [0.1, 0.15) is 5.76 Å². The third-order valence-electron chi connectivity index (χ3n) is 10.8. The zero-order valence-electron chi connectivity index (χ0n) is 23.0. The van der Waals surface area contributed by atoms with Crippen LogP contribution in [0.1, 0.15) is 79.5 Å². The van der Waals surface area contributed by atoms with Gasteiger partial charge >= 0.3 is 0 Å². The summed E-state index contributed by atoms with van der Waals surface area (Å²) < 4.78 is 6.53. The van der Waals surface area contributed by atoms with Gasteiger partial charge in [0.25, 0.3) is 5.91 Å². The zero-order chi connectivity index (χ0) is 26.9. The second kappa shape index (κ2) is 8.92. The Morgan fingerprint density at radius 3 is 2.85 bits per heavy atom. The van der Waals surface area contributed by atoms with E-state index in [1.165, 1.54) is 25.7 Å². The Morgan fingerprint density at radius 2 is 2.12 bits per heavy atom. The van der Waals surface area contributed by atoms with Crippen LogP contribution in [0.2, 0.25) is 0 Å². The molecule has 1 aromatic carbocycles. The zero-order valence-corrected chi connectivity index (χ0v) is 23.0. The molecule has 8 rings (SSSR count). The first-order chi connectivity index (χ1) is 19.6. The lowest BCUT2D eigenvalue weighted by Gasteiger charge is -2.63. The van der Waals surface area contributed by atoms with Gasteiger partial charge in [-0.05, 0) is 112 Å². The molecule has 4 fully saturated rings. The molecule has 204 valence electrons. The first-order valence-corrected chi connectivity index (χ1v) is 15.0. The number of benzene rings is 1. The maximum absolute atomic E-state index is 13.1. The minimum Gasteiger partial charge on any atom is -0.491 e. The second-order valence-corrected chi connectivity index (χ2v) is 12.7. The number of nitrogens with zero attached hydrogens (tertiary/aromatic N) is 2. The molecule has 5 aliphatic rings. The van der Waals surface area contributed by atoms with Gasteiger partial charge in [-0.2, -0.15) is 5.10 Å². The Balaban J connectivity index is 0.927. The minimum atomic E-state index is -0.0502. The fourth-order valence-corrected chi connectivity index (χ4v) is 8.32. The molecule has 6 heteroatoms. The molecule has 3 aromatic rings. The van der Waals surface area contributed by atoms with Crippen molar-refractivity contribution < 1.29 is 9.53 Å². The predicted molar refractivity (Wildman–Crippen MR) is 155 cm³/mol. The second-order valence-electron chi connectivity index (χ2n) is 12.7. The highest BCUT2D eigenvalue weighted by atomic mass is 16.5. The van der Waals surface area contributed by atoms with Gasteiger partial charge in [-0.15, -0.1) is 0 Å². The van der Waals surface area contributed by atoms with Crippen molar-refractivity contribution in [3.8, 4) is 0 Å². The number of H-pyrrole nitrogens is 1. The molecule has 5 atom stereocenters. The number of amides is 1. The van der Waals surface area contributed by atoms with E-state index >= 15 is 0 Å². The van der Waals surface area contributed by atoms with Gasteiger partial charge < -0.3 is 10.1 Å². The highest BCUT2D eigenvalue weighted by molar-refractivity contribution is 5.98. The Bertz CT molecular complexity index is 1580. The Labute approximate surface area is 235 Å². The predicted octanol–water partition coefficient (Wildman–Crippen LogP) is 6.50. The van der Waals surface area contributed by atoms with E-state index in [1.807, 2.05) is 36.5 Å². The van der Waals surface area contributed by atoms with Gasteiger partial charge in [0.2, 0.25) is 0 Å².